The molecule has 0 bridgehead atoms. The minimum Gasteiger partial charge on any atom is -0.207 e. The van der Waals surface area contributed by atoms with Gasteiger partial charge < -0.3 is 0 Å². The Balaban J connectivity index is 1.18. The first-order valence-corrected chi connectivity index (χ1v) is 13.1. The molecule has 0 spiro atoms. The van der Waals surface area contributed by atoms with Crippen LogP contribution in [0.15, 0.2) is 60.7 Å². The number of hydrogen-bond donors (Lipinski definition) is 0. The zero-order valence-electron chi connectivity index (χ0n) is 20.1. The van der Waals surface area contributed by atoms with Crippen molar-refractivity contribution in [3.05, 3.63) is 105 Å². The van der Waals surface area contributed by atoms with Gasteiger partial charge in [0.25, 0.3) is 0 Å². The standard InChI is InChI=1S/C31H35ClF2/c1-22-2-4-23(5-3-22)6-7-24-8-10-25(11-9-24)12-13-26-14-17-28(30(33)20-26)18-15-27-16-19-29(32)31(34)21-27/h2-5,14,16-17,19-21,24-25H,6-13,15,18H2,1H3. The van der Waals surface area contributed by atoms with Gasteiger partial charge in [0.15, 0.2) is 0 Å². The second-order valence-electron chi connectivity index (χ2n) is 10.1. The number of hydrogen-bond acceptors (Lipinski definition) is 0. The number of benzene rings is 3. The molecule has 1 fully saturated rings. The summed E-state index contributed by atoms with van der Waals surface area (Å²) in [6, 6.07) is 19.4. The van der Waals surface area contributed by atoms with E-state index in [4.69, 9.17) is 11.6 Å². The molecule has 4 rings (SSSR count). The summed E-state index contributed by atoms with van der Waals surface area (Å²) in [6.45, 7) is 2.14. The molecule has 3 heteroatoms. The van der Waals surface area contributed by atoms with Crippen molar-refractivity contribution >= 4 is 11.6 Å². The van der Waals surface area contributed by atoms with Gasteiger partial charge in [-0.25, -0.2) is 8.78 Å². The molecule has 0 radical (unpaired) electrons. The first-order chi connectivity index (χ1) is 16.5. The van der Waals surface area contributed by atoms with Gasteiger partial charge in [-0.15, -0.1) is 0 Å². The monoisotopic (exact) mass is 480 g/mol. The van der Waals surface area contributed by atoms with Crippen LogP contribution in [-0.2, 0) is 25.7 Å². The van der Waals surface area contributed by atoms with Gasteiger partial charge >= 0.3 is 0 Å². The third-order valence-corrected chi connectivity index (χ3v) is 7.86. The minimum atomic E-state index is -0.421. The molecule has 1 saturated carbocycles. The van der Waals surface area contributed by atoms with E-state index in [-0.39, 0.29) is 10.8 Å². The van der Waals surface area contributed by atoms with Crippen molar-refractivity contribution < 1.29 is 8.78 Å². The van der Waals surface area contributed by atoms with Crippen LogP contribution in [0.4, 0.5) is 8.78 Å². The van der Waals surface area contributed by atoms with Crippen molar-refractivity contribution in [2.75, 3.05) is 0 Å². The summed E-state index contributed by atoms with van der Waals surface area (Å²) in [5.74, 6) is 1.04. The van der Waals surface area contributed by atoms with Crippen LogP contribution < -0.4 is 0 Å². The lowest BCUT2D eigenvalue weighted by molar-refractivity contribution is 0.253. The summed E-state index contributed by atoms with van der Waals surface area (Å²) >= 11 is 5.74. The molecule has 0 amide bonds. The SMILES string of the molecule is Cc1ccc(CCC2CCC(CCc3ccc(CCc4ccc(Cl)c(F)c4)c(F)c3)CC2)cc1. The maximum atomic E-state index is 14.7. The molecule has 0 nitrogen and oxygen atoms in total. The Morgan fingerprint density at radius 1 is 0.647 bits per heavy atom. The van der Waals surface area contributed by atoms with Crippen LogP contribution in [0.5, 0.6) is 0 Å². The van der Waals surface area contributed by atoms with E-state index in [1.165, 1.54) is 55.7 Å². The van der Waals surface area contributed by atoms with E-state index >= 15 is 0 Å². The fraction of sp³-hybridized carbons (Fsp3) is 0.419. The van der Waals surface area contributed by atoms with Crippen LogP contribution in [0.1, 0.15) is 66.3 Å². The Hall–Kier alpha value is -2.19. The maximum Gasteiger partial charge on any atom is 0.142 e. The molecular formula is C31H35ClF2. The fourth-order valence-electron chi connectivity index (χ4n) is 5.23. The van der Waals surface area contributed by atoms with Gasteiger partial charge in [-0.1, -0.05) is 85.3 Å². The van der Waals surface area contributed by atoms with Crippen LogP contribution in [0.25, 0.3) is 0 Å². The maximum absolute atomic E-state index is 14.7. The molecule has 0 saturated heterocycles. The summed E-state index contributed by atoms with van der Waals surface area (Å²) in [5, 5.41) is 0.120. The number of halogens is 3. The van der Waals surface area contributed by atoms with E-state index in [0.29, 0.717) is 18.4 Å². The molecular weight excluding hydrogens is 446 g/mol. The Morgan fingerprint density at radius 3 is 1.79 bits per heavy atom. The highest BCUT2D eigenvalue weighted by Crippen LogP contribution is 2.34. The highest BCUT2D eigenvalue weighted by molar-refractivity contribution is 6.30. The highest BCUT2D eigenvalue weighted by Gasteiger charge is 2.21. The van der Waals surface area contributed by atoms with E-state index in [2.05, 4.69) is 37.3 Å². The number of aryl methyl sites for hydroxylation is 5. The third kappa shape index (κ3) is 7.15. The lowest BCUT2D eigenvalue weighted by atomic mass is 9.77. The van der Waals surface area contributed by atoms with E-state index in [1.54, 1.807) is 18.2 Å². The summed E-state index contributed by atoms with van der Waals surface area (Å²) in [5.41, 5.74) is 5.39. The predicted molar refractivity (Wildman–Crippen MR) is 138 cm³/mol. The molecule has 0 heterocycles. The average molecular weight is 481 g/mol. The molecule has 180 valence electrons. The molecule has 0 N–H and O–H groups in total. The van der Waals surface area contributed by atoms with Gasteiger partial charge in [-0.3, -0.25) is 0 Å². The second kappa shape index (κ2) is 12.0. The van der Waals surface area contributed by atoms with E-state index < -0.39 is 5.82 Å². The van der Waals surface area contributed by atoms with Crippen LogP contribution in [0, 0.1) is 30.4 Å². The summed E-state index contributed by atoms with van der Waals surface area (Å²) < 4.78 is 28.3. The molecule has 0 aromatic heterocycles. The largest absolute Gasteiger partial charge is 0.207 e. The van der Waals surface area contributed by atoms with Crippen molar-refractivity contribution in [3.8, 4) is 0 Å². The predicted octanol–water partition coefficient (Wildman–Crippen LogP) is 9.08. The van der Waals surface area contributed by atoms with Gasteiger partial charge in [0.2, 0.25) is 0 Å². The molecule has 1 aliphatic carbocycles. The quantitative estimate of drug-likeness (QED) is 0.286. The molecule has 3 aromatic rings. The highest BCUT2D eigenvalue weighted by atomic mass is 35.5. The zero-order chi connectivity index (χ0) is 23.9. The van der Waals surface area contributed by atoms with Crippen LogP contribution in [0.3, 0.4) is 0 Å². The molecule has 0 atom stereocenters. The van der Waals surface area contributed by atoms with Gasteiger partial charge in [-0.05, 0) is 97.7 Å². The smallest absolute Gasteiger partial charge is 0.142 e. The lowest BCUT2D eigenvalue weighted by Crippen LogP contribution is -2.16. The topological polar surface area (TPSA) is 0 Å². The van der Waals surface area contributed by atoms with Crippen LogP contribution in [0.2, 0.25) is 5.02 Å². The second-order valence-corrected chi connectivity index (χ2v) is 10.5. The molecule has 1 aliphatic rings. The summed E-state index contributed by atoms with van der Waals surface area (Å²) in [6.07, 6.45) is 11.0. The number of rotatable bonds is 9. The van der Waals surface area contributed by atoms with E-state index in [1.807, 2.05) is 6.07 Å². The normalized spacial score (nSPS) is 18.2. The van der Waals surface area contributed by atoms with Crippen molar-refractivity contribution in [2.45, 2.75) is 71.1 Å². The van der Waals surface area contributed by atoms with E-state index in [0.717, 1.165) is 35.8 Å². The zero-order valence-corrected chi connectivity index (χ0v) is 20.9. The lowest BCUT2D eigenvalue weighted by Gasteiger charge is -2.28. The fourth-order valence-corrected chi connectivity index (χ4v) is 5.35. The molecule has 34 heavy (non-hydrogen) atoms. The average Bonchev–Trinajstić information content (AvgIpc) is 2.84. The summed E-state index contributed by atoms with van der Waals surface area (Å²) in [7, 11) is 0. The Bertz CT molecular complexity index is 1070. The van der Waals surface area contributed by atoms with Gasteiger partial charge in [0.1, 0.15) is 11.6 Å². The Labute approximate surface area is 208 Å². The first kappa shape index (κ1) is 24.9. The van der Waals surface area contributed by atoms with Crippen LogP contribution in [-0.4, -0.2) is 0 Å². The van der Waals surface area contributed by atoms with Crippen LogP contribution >= 0.6 is 11.6 Å². The summed E-state index contributed by atoms with van der Waals surface area (Å²) in [4.78, 5) is 0. The van der Waals surface area contributed by atoms with Gasteiger partial charge in [0.05, 0.1) is 5.02 Å². The van der Waals surface area contributed by atoms with E-state index in [9.17, 15) is 8.78 Å². The molecule has 0 aliphatic heterocycles. The van der Waals surface area contributed by atoms with Crippen molar-refractivity contribution in [1.82, 2.24) is 0 Å². The minimum absolute atomic E-state index is 0.120. The first-order valence-electron chi connectivity index (χ1n) is 12.7. The molecule has 3 aromatic carbocycles. The van der Waals surface area contributed by atoms with Gasteiger partial charge in [0, 0.05) is 0 Å². The van der Waals surface area contributed by atoms with Crippen molar-refractivity contribution in [1.29, 1.82) is 0 Å². The third-order valence-electron chi connectivity index (χ3n) is 7.55. The van der Waals surface area contributed by atoms with Gasteiger partial charge in [-0.2, -0.15) is 0 Å². The van der Waals surface area contributed by atoms with Crippen molar-refractivity contribution in [2.24, 2.45) is 11.8 Å². The van der Waals surface area contributed by atoms with Crippen molar-refractivity contribution in [3.63, 3.8) is 0 Å². The Morgan fingerprint density at radius 2 is 1.18 bits per heavy atom. The Kier molecular flexibility index (Phi) is 8.78. The molecule has 0 unspecified atom stereocenters.